The molecular weight excluding hydrogens is 366 g/mol. The summed E-state index contributed by atoms with van der Waals surface area (Å²) >= 11 is 0. The van der Waals surface area contributed by atoms with Crippen LogP contribution in [0.5, 0.6) is 0 Å². The Morgan fingerprint density at radius 2 is 2.00 bits per heavy atom. The van der Waals surface area contributed by atoms with Crippen molar-refractivity contribution in [3.63, 3.8) is 0 Å². The van der Waals surface area contributed by atoms with E-state index in [1.165, 1.54) is 31.1 Å². The van der Waals surface area contributed by atoms with E-state index in [1.807, 2.05) is 12.1 Å². The number of carbonyl (C=O) groups excluding carboxylic acids is 2. The summed E-state index contributed by atoms with van der Waals surface area (Å²) in [5.74, 6) is -2.10. The number of ether oxygens (including phenoxy) is 3. The maximum absolute atomic E-state index is 12.6. The van der Waals surface area contributed by atoms with E-state index in [1.54, 1.807) is 30.6 Å². The van der Waals surface area contributed by atoms with Crippen LogP contribution in [0.3, 0.4) is 0 Å². The molecule has 0 aliphatic carbocycles. The fraction of sp³-hybridized carbons (Fsp3) is 0.263. The third-order valence-electron chi connectivity index (χ3n) is 3.74. The van der Waals surface area contributed by atoms with Gasteiger partial charge in [-0.3, -0.25) is 0 Å². The standard InChI is InChI=1S/C19H21N3O6/c1-5-28-19(25)16(12-14(18(24)27-4)9-10-17(23)26-3)22-13(2)15-8-6-7-11-21(15)20-22/h6-12H,5H2,1-4H3. The molecule has 0 spiro atoms. The van der Waals surface area contributed by atoms with Gasteiger partial charge in [0, 0.05) is 24.6 Å². The van der Waals surface area contributed by atoms with Gasteiger partial charge in [-0.2, -0.15) is 0 Å². The Labute approximate surface area is 161 Å². The number of nitrogens with zero attached hydrogens (tertiary/aromatic N) is 3. The molecule has 0 saturated heterocycles. The van der Waals surface area contributed by atoms with Crippen LogP contribution < -0.4 is 9.62 Å². The number of aromatic nitrogens is 3. The van der Waals surface area contributed by atoms with Gasteiger partial charge < -0.3 is 19.3 Å². The van der Waals surface area contributed by atoms with Crippen LogP contribution in [0.25, 0.3) is 11.2 Å². The van der Waals surface area contributed by atoms with Gasteiger partial charge in [-0.05, 0) is 32.2 Å². The Bertz CT molecular complexity index is 971. The number of rotatable bonds is 7. The molecule has 9 nitrogen and oxygen atoms in total. The quantitative estimate of drug-likeness (QED) is 0.221. The lowest BCUT2D eigenvalue weighted by Gasteiger charge is -2.12. The Hall–Kier alpha value is -3.62. The van der Waals surface area contributed by atoms with Crippen molar-refractivity contribution in [2.24, 2.45) is 0 Å². The van der Waals surface area contributed by atoms with Crippen LogP contribution >= 0.6 is 0 Å². The van der Waals surface area contributed by atoms with Crippen molar-refractivity contribution in [1.82, 2.24) is 9.90 Å². The van der Waals surface area contributed by atoms with E-state index in [0.717, 1.165) is 11.6 Å². The fourth-order valence-electron chi connectivity index (χ4n) is 2.38. The number of methoxy groups -OCH3 is 2. The Morgan fingerprint density at radius 1 is 1.25 bits per heavy atom. The van der Waals surface area contributed by atoms with Crippen LogP contribution in [0.4, 0.5) is 0 Å². The van der Waals surface area contributed by atoms with Crippen molar-refractivity contribution in [2.75, 3.05) is 20.8 Å². The molecule has 0 amide bonds. The highest BCUT2D eigenvalue weighted by Crippen LogP contribution is 2.17. The summed E-state index contributed by atoms with van der Waals surface area (Å²) in [7, 11) is 2.40. The summed E-state index contributed by atoms with van der Waals surface area (Å²) < 4.78 is 17.3. The van der Waals surface area contributed by atoms with E-state index in [2.05, 4.69) is 9.95 Å². The molecule has 0 fully saturated rings. The zero-order valence-electron chi connectivity index (χ0n) is 16.0. The number of hydrogen-bond acceptors (Lipinski definition) is 7. The Morgan fingerprint density at radius 3 is 2.61 bits per heavy atom. The maximum atomic E-state index is 12.6. The van der Waals surface area contributed by atoms with Crippen molar-refractivity contribution in [3.05, 3.63) is 59.8 Å². The second-order valence-electron chi connectivity index (χ2n) is 5.47. The number of esters is 2. The number of allylic oxidation sites excluding steroid dienone is 3. The molecule has 2 aromatic heterocycles. The van der Waals surface area contributed by atoms with Crippen LogP contribution in [0.2, 0.25) is 0 Å². The van der Waals surface area contributed by atoms with Crippen molar-refractivity contribution >= 4 is 23.2 Å². The van der Waals surface area contributed by atoms with E-state index in [-0.39, 0.29) is 17.9 Å². The molecule has 2 rings (SSSR count). The minimum Gasteiger partial charge on any atom is -0.616 e. The lowest BCUT2D eigenvalue weighted by atomic mass is 10.2. The number of hydrogen-bond donors (Lipinski definition) is 0. The zero-order valence-corrected chi connectivity index (χ0v) is 16.0. The Kier molecular flexibility index (Phi) is 6.91. The lowest BCUT2D eigenvalue weighted by molar-refractivity contribution is -0.583. The van der Waals surface area contributed by atoms with Gasteiger partial charge in [-0.25, -0.2) is 9.59 Å². The van der Waals surface area contributed by atoms with Crippen molar-refractivity contribution < 1.29 is 33.4 Å². The molecule has 0 aromatic carbocycles. The van der Waals surface area contributed by atoms with Crippen LogP contribution in [0.15, 0.2) is 54.1 Å². The van der Waals surface area contributed by atoms with Gasteiger partial charge in [0.1, 0.15) is 11.4 Å². The van der Waals surface area contributed by atoms with E-state index in [0.29, 0.717) is 5.69 Å². The second-order valence-corrected chi connectivity index (χ2v) is 5.47. The third kappa shape index (κ3) is 4.56. The molecule has 0 N–H and O–H groups in total. The molecule has 148 valence electrons. The summed E-state index contributed by atoms with van der Waals surface area (Å²) in [4.78, 5) is 24.0. The smallest absolute Gasteiger partial charge is 0.381 e. The summed E-state index contributed by atoms with van der Waals surface area (Å²) in [6, 6.07) is 5.47. The monoisotopic (exact) mass is 387 g/mol. The van der Waals surface area contributed by atoms with Gasteiger partial charge in [0.15, 0.2) is 11.2 Å². The van der Waals surface area contributed by atoms with E-state index >= 15 is 0 Å². The maximum Gasteiger partial charge on any atom is 0.381 e. The van der Waals surface area contributed by atoms with Gasteiger partial charge in [-0.1, -0.05) is 10.7 Å². The summed E-state index contributed by atoms with van der Waals surface area (Å²) in [5.41, 5.74) is 1.35. The van der Waals surface area contributed by atoms with E-state index in [9.17, 15) is 14.7 Å². The first-order chi connectivity index (χ1) is 13.4. The summed E-state index contributed by atoms with van der Waals surface area (Å²) in [6.07, 6.45) is 5.22. The van der Waals surface area contributed by atoms with Crippen molar-refractivity contribution in [1.29, 1.82) is 0 Å². The fourth-order valence-corrected chi connectivity index (χ4v) is 2.38. The molecule has 0 unspecified atom stereocenters. The molecule has 0 aliphatic rings. The average molecular weight is 387 g/mol. The zero-order chi connectivity index (χ0) is 20.7. The molecule has 28 heavy (non-hydrogen) atoms. The minimum atomic E-state index is -0.746. The first-order valence-corrected chi connectivity index (χ1v) is 8.39. The van der Waals surface area contributed by atoms with Crippen LogP contribution in [-0.2, 0) is 23.8 Å². The number of carbonyl (C=O) groups is 2. The van der Waals surface area contributed by atoms with Gasteiger partial charge in [0.2, 0.25) is 5.70 Å². The van der Waals surface area contributed by atoms with Gasteiger partial charge in [-0.15, -0.1) is 4.52 Å². The number of pyridine rings is 1. The second kappa shape index (κ2) is 9.36. The molecule has 9 heteroatoms. The molecule has 2 heterocycles. The predicted molar refractivity (Wildman–Crippen MR) is 96.2 cm³/mol. The molecule has 2 aromatic rings. The molecule has 0 bridgehead atoms. The van der Waals surface area contributed by atoms with Crippen molar-refractivity contribution in [2.45, 2.75) is 13.8 Å². The molecule has 0 radical (unpaired) electrons. The molecule has 0 aliphatic heterocycles. The lowest BCUT2D eigenvalue weighted by Crippen LogP contribution is -2.25. The Balaban J connectivity index is 2.66. The van der Waals surface area contributed by atoms with Crippen LogP contribution in [-0.4, -0.2) is 42.7 Å². The normalized spacial score (nSPS) is 12.8. The predicted octanol–water partition coefficient (Wildman–Crippen LogP) is 0.282. The first-order valence-electron chi connectivity index (χ1n) is 8.39. The number of fused-ring (bicyclic) bond motifs is 1. The molecular formula is C19H21N3O6. The highest BCUT2D eigenvalue weighted by molar-refractivity contribution is 6.10. The summed E-state index contributed by atoms with van der Waals surface area (Å²) in [6.45, 7) is 3.57. The molecule has 0 saturated carbocycles. The van der Waals surface area contributed by atoms with Crippen LogP contribution in [0.1, 0.15) is 12.6 Å². The highest BCUT2D eigenvalue weighted by Gasteiger charge is 2.26. The van der Waals surface area contributed by atoms with Gasteiger partial charge in [0.25, 0.3) is 0 Å². The van der Waals surface area contributed by atoms with Crippen molar-refractivity contribution in [3.8, 4) is 0 Å². The summed E-state index contributed by atoms with van der Waals surface area (Å²) in [5, 5.41) is 16.5. The molecule has 0 atom stereocenters. The SMILES string of the molecule is CCOC(=O)/C(=C/C(/C=C/C(=O)OC)=C(\[O-])OC)n1n[n+]2ccccc2c1C. The highest BCUT2D eigenvalue weighted by atomic mass is 16.6. The van der Waals surface area contributed by atoms with Crippen LogP contribution in [0, 0.1) is 6.92 Å². The number of aryl methyl sites for hydroxylation is 1. The van der Waals surface area contributed by atoms with E-state index in [4.69, 9.17) is 9.47 Å². The van der Waals surface area contributed by atoms with Gasteiger partial charge >= 0.3 is 11.9 Å². The van der Waals surface area contributed by atoms with E-state index < -0.39 is 17.9 Å². The topological polar surface area (TPSA) is 107 Å². The third-order valence-corrected chi connectivity index (χ3v) is 3.74. The minimum absolute atomic E-state index is 0.0158. The average Bonchev–Trinajstić information content (AvgIpc) is 3.04. The largest absolute Gasteiger partial charge is 0.616 e. The first kappa shape index (κ1) is 20.7. The van der Waals surface area contributed by atoms with Gasteiger partial charge in [0.05, 0.1) is 19.7 Å².